The Kier molecular flexibility index (Phi) is 2.23. The molecule has 5 nitrogen and oxygen atoms in total. The molecule has 1 aliphatic heterocycles. The van der Waals surface area contributed by atoms with Crippen molar-refractivity contribution in [3.8, 4) is 0 Å². The quantitative estimate of drug-likeness (QED) is 0.569. The molecule has 0 radical (unpaired) electrons. The number of rotatable bonds is 2. The summed E-state index contributed by atoms with van der Waals surface area (Å²) in [6.45, 7) is 2.86. The topological polar surface area (TPSA) is 67.6 Å². The van der Waals surface area contributed by atoms with Gasteiger partial charge in [0.05, 0.1) is 18.8 Å². The lowest BCUT2D eigenvalue weighted by Crippen LogP contribution is -2.54. The molecule has 2 aliphatic rings. The molecular weight excluding hydrogens is 170 g/mol. The fraction of sp³-hybridized carbons (Fsp3) is 0.875. The summed E-state index contributed by atoms with van der Waals surface area (Å²) in [7, 11) is 0. The van der Waals surface area contributed by atoms with Crippen LogP contribution in [-0.2, 0) is 9.53 Å². The van der Waals surface area contributed by atoms with Crippen LogP contribution in [0.25, 0.3) is 0 Å². The van der Waals surface area contributed by atoms with Gasteiger partial charge in [-0.15, -0.1) is 0 Å². The van der Waals surface area contributed by atoms with E-state index in [9.17, 15) is 4.79 Å². The second-order valence-corrected chi connectivity index (χ2v) is 3.70. The molecule has 2 fully saturated rings. The number of ether oxygens (including phenoxy) is 1. The smallest absolute Gasteiger partial charge is 0.254 e. The predicted octanol–water partition coefficient (Wildman–Crippen LogP) is -1.16. The Bertz CT molecular complexity index is 209. The number of carbonyl (C=O) groups excluding carboxylic acids is 1. The van der Waals surface area contributed by atoms with Crippen LogP contribution >= 0.6 is 0 Å². The highest BCUT2D eigenvalue weighted by Crippen LogP contribution is 2.32. The fourth-order valence-electron chi connectivity index (χ4n) is 1.29. The number of hydrogen-bond donors (Lipinski definition) is 2. The molecule has 1 heterocycles. The maximum atomic E-state index is 11.5. The van der Waals surface area contributed by atoms with E-state index in [-0.39, 0.29) is 5.91 Å². The molecule has 13 heavy (non-hydrogen) atoms. The molecule has 0 aromatic carbocycles. The lowest BCUT2D eigenvalue weighted by atomic mass is 10.3. The fourth-order valence-corrected chi connectivity index (χ4v) is 1.29. The highest BCUT2D eigenvalue weighted by atomic mass is 16.5. The van der Waals surface area contributed by atoms with Crippen LogP contribution in [0.4, 0.5) is 0 Å². The third-order valence-corrected chi connectivity index (χ3v) is 2.51. The van der Waals surface area contributed by atoms with Gasteiger partial charge in [-0.05, 0) is 12.8 Å². The summed E-state index contributed by atoms with van der Waals surface area (Å²) in [6, 6.07) is 0. The van der Waals surface area contributed by atoms with Gasteiger partial charge in [0, 0.05) is 13.1 Å². The summed E-state index contributed by atoms with van der Waals surface area (Å²) < 4.78 is 5.16. The zero-order valence-electron chi connectivity index (χ0n) is 7.58. The standard InChI is InChI=1S/C8H15N3O2/c9-8(1-2-8)7(12)10-11-3-5-13-6-4-11/h1-6,9H2,(H,10,12). The lowest BCUT2D eigenvalue weighted by Gasteiger charge is -2.28. The van der Waals surface area contributed by atoms with Gasteiger partial charge in [0.15, 0.2) is 0 Å². The van der Waals surface area contributed by atoms with E-state index in [0.717, 1.165) is 25.9 Å². The zero-order chi connectivity index (χ0) is 9.31. The summed E-state index contributed by atoms with van der Waals surface area (Å²) in [5.74, 6) is -0.0469. The van der Waals surface area contributed by atoms with Crippen molar-refractivity contribution in [1.29, 1.82) is 0 Å². The highest BCUT2D eigenvalue weighted by Gasteiger charge is 2.46. The Labute approximate surface area is 77.2 Å². The second kappa shape index (κ2) is 3.25. The van der Waals surface area contributed by atoms with Crippen LogP contribution < -0.4 is 11.2 Å². The van der Waals surface area contributed by atoms with Crippen molar-refractivity contribution in [1.82, 2.24) is 10.4 Å². The molecule has 0 aromatic rings. The van der Waals surface area contributed by atoms with Crippen molar-refractivity contribution < 1.29 is 9.53 Å². The van der Waals surface area contributed by atoms with Gasteiger partial charge >= 0.3 is 0 Å². The number of carbonyl (C=O) groups is 1. The SMILES string of the molecule is NC1(C(=O)NN2CCOCC2)CC1. The molecule has 74 valence electrons. The maximum absolute atomic E-state index is 11.5. The average molecular weight is 185 g/mol. The molecule has 3 N–H and O–H groups in total. The van der Waals surface area contributed by atoms with Gasteiger partial charge in [-0.1, -0.05) is 0 Å². The molecule has 0 atom stereocenters. The Balaban J connectivity index is 1.79. The Morgan fingerprint density at radius 1 is 1.38 bits per heavy atom. The Morgan fingerprint density at radius 2 is 2.00 bits per heavy atom. The summed E-state index contributed by atoms with van der Waals surface area (Å²) in [4.78, 5) is 11.5. The van der Waals surface area contributed by atoms with Gasteiger partial charge < -0.3 is 10.5 Å². The van der Waals surface area contributed by atoms with Crippen LogP contribution in [0.3, 0.4) is 0 Å². The first-order chi connectivity index (χ1) is 6.21. The number of hydrogen-bond acceptors (Lipinski definition) is 4. The molecule has 1 saturated heterocycles. The molecule has 0 aromatic heterocycles. The van der Waals surface area contributed by atoms with E-state index in [2.05, 4.69) is 5.43 Å². The maximum Gasteiger partial charge on any atom is 0.254 e. The number of nitrogens with two attached hydrogens (primary N) is 1. The highest BCUT2D eigenvalue weighted by molar-refractivity contribution is 5.88. The predicted molar refractivity (Wildman–Crippen MR) is 46.7 cm³/mol. The number of amides is 1. The second-order valence-electron chi connectivity index (χ2n) is 3.70. The number of nitrogens with one attached hydrogen (secondary N) is 1. The average Bonchev–Trinajstić information content (AvgIpc) is 2.87. The van der Waals surface area contributed by atoms with Crippen molar-refractivity contribution in [3.63, 3.8) is 0 Å². The molecule has 1 saturated carbocycles. The first-order valence-electron chi connectivity index (χ1n) is 4.63. The molecular formula is C8H15N3O2. The van der Waals surface area contributed by atoms with Crippen molar-refractivity contribution >= 4 is 5.91 Å². The van der Waals surface area contributed by atoms with E-state index in [1.807, 2.05) is 5.01 Å². The van der Waals surface area contributed by atoms with E-state index < -0.39 is 5.54 Å². The minimum Gasteiger partial charge on any atom is -0.379 e. The van der Waals surface area contributed by atoms with Gasteiger partial charge in [-0.25, -0.2) is 5.01 Å². The molecule has 0 spiro atoms. The lowest BCUT2D eigenvalue weighted by molar-refractivity contribution is -0.130. The first kappa shape index (κ1) is 8.93. The van der Waals surface area contributed by atoms with Crippen LogP contribution in [0.1, 0.15) is 12.8 Å². The Morgan fingerprint density at radius 3 is 2.54 bits per heavy atom. The number of hydrazine groups is 1. The van der Waals surface area contributed by atoms with Crippen molar-refractivity contribution in [2.75, 3.05) is 26.3 Å². The zero-order valence-corrected chi connectivity index (χ0v) is 7.58. The third kappa shape index (κ3) is 1.99. The van der Waals surface area contributed by atoms with Crippen LogP contribution in [0.5, 0.6) is 0 Å². The monoisotopic (exact) mass is 185 g/mol. The molecule has 2 rings (SSSR count). The first-order valence-corrected chi connectivity index (χ1v) is 4.63. The van der Waals surface area contributed by atoms with Gasteiger partial charge in [0.1, 0.15) is 0 Å². The van der Waals surface area contributed by atoms with Crippen LogP contribution in [0.2, 0.25) is 0 Å². The summed E-state index contributed by atoms with van der Waals surface area (Å²) in [5.41, 5.74) is 7.98. The third-order valence-electron chi connectivity index (χ3n) is 2.51. The van der Waals surface area contributed by atoms with Crippen LogP contribution in [-0.4, -0.2) is 42.8 Å². The van der Waals surface area contributed by atoms with Gasteiger partial charge in [0.2, 0.25) is 0 Å². The molecule has 5 heteroatoms. The van der Waals surface area contributed by atoms with Crippen molar-refractivity contribution in [3.05, 3.63) is 0 Å². The number of nitrogens with zero attached hydrogens (tertiary/aromatic N) is 1. The van der Waals surface area contributed by atoms with Crippen LogP contribution in [0, 0.1) is 0 Å². The summed E-state index contributed by atoms with van der Waals surface area (Å²) >= 11 is 0. The van der Waals surface area contributed by atoms with E-state index in [1.54, 1.807) is 0 Å². The van der Waals surface area contributed by atoms with Gasteiger partial charge in [-0.3, -0.25) is 10.2 Å². The van der Waals surface area contributed by atoms with Gasteiger partial charge in [-0.2, -0.15) is 0 Å². The molecule has 1 aliphatic carbocycles. The molecule has 0 bridgehead atoms. The number of morpholine rings is 1. The molecule has 0 unspecified atom stereocenters. The minimum absolute atomic E-state index is 0.0469. The van der Waals surface area contributed by atoms with Gasteiger partial charge in [0.25, 0.3) is 5.91 Å². The largest absolute Gasteiger partial charge is 0.379 e. The molecule has 1 amide bonds. The minimum atomic E-state index is -0.571. The van der Waals surface area contributed by atoms with E-state index in [0.29, 0.717) is 13.2 Å². The normalized spacial score (nSPS) is 26.8. The van der Waals surface area contributed by atoms with E-state index in [1.165, 1.54) is 0 Å². The van der Waals surface area contributed by atoms with E-state index >= 15 is 0 Å². The summed E-state index contributed by atoms with van der Waals surface area (Å²) in [5, 5.41) is 1.87. The summed E-state index contributed by atoms with van der Waals surface area (Å²) in [6.07, 6.45) is 1.62. The van der Waals surface area contributed by atoms with Crippen LogP contribution in [0.15, 0.2) is 0 Å². The van der Waals surface area contributed by atoms with E-state index in [4.69, 9.17) is 10.5 Å². The Hall–Kier alpha value is -0.650. The van der Waals surface area contributed by atoms with Crippen molar-refractivity contribution in [2.45, 2.75) is 18.4 Å². The van der Waals surface area contributed by atoms with Crippen molar-refractivity contribution in [2.24, 2.45) is 5.73 Å².